The topological polar surface area (TPSA) is 90.0 Å². The average molecular weight is 431 g/mol. The molecule has 1 saturated heterocycles. The maximum absolute atomic E-state index is 12.9. The number of anilines is 1. The van der Waals surface area contributed by atoms with Crippen LogP contribution in [0.5, 0.6) is 5.75 Å². The Labute approximate surface area is 184 Å². The third kappa shape index (κ3) is 3.21. The van der Waals surface area contributed by atoms with Crippen LogP contribution in [-0.2, 0) is 14.3 Å². The number of esters is 1. The molecule has 7 heteroatoms. The van der Waals surface area contributed by atoms with Crippen LogP contribution in [0.2, 0.25) is 0 Å². The molecule has 0 unspecified atom stereocenters. The van der Waals surface area contributed by atoms with E-state index < -0.39 is 12.6 Å². The molecule has 162 valence electrons. The SMILES string of the molecule is COc1ccc(C(=O)COC(=O)c2ccc(N3C(=O)[C@@H]4[C@@H](C3=O)[C@H]3C=C[C@@H]4C3)cc2)cc1. The first kappa shape index (κ1) is 20.2. The van der Waals surface area contributed by atoms with Crippen molar-refractivity contribution >= 4 is 29.3 Å². The fourth-order valence-corrected chi connectivity index (χ4v) is 4.98. The van der Waals surface area contributed by atoms with Crippen LogP contribution in [0.3, 0.4) is 0 Å². The summed E-state index contributed by atoms with van der Waals surface area (Å²) >= 11 is 0. The fourth-order valence-electron chi connectivity index (χ4n) is 4.98. The van der Waals surface area contributed by atoms with E-state index in [2.05, 4.69) is 0 Å². The Morgan fingerprint density at radius 1 is 0.875 bits per heavy atom. The molecule has 2 aromatic carbocycles. The molecule has 2 fully saturated rings. The highest BCUT2D eigenvalue weighted by Crippen LogP contribution is 2.53. The summed E-state index contributed by atoms with van der Waals surface area (Å²) in [5, 5.41) is 0. The number of allylic oxidation sites excluding steroid dienone is 2. The second kappa shape index (κ2) is 7.75. The maximum atomic E-state index is 12.9. The van der Waals surface area contributed by atoms with Gasteiger partial charge >= 0.3 is 5.97 Å². The number of hydrogen-bond donors (Lipinski definition) is 0. The van der Waals surface area contributed by atoms with Gasteiger partial charge in [-0.2, -0.15) is 0 Å². The van der Waals surface area contributed by atoms with Crippen molar-refractivity contribution in [1.29, 1.82) is 0 Å². The van der Waals surface area contributed by atoms with Gasteiger partial charge in [0, 0.05) is 5.56 Å². The Morgan fingerprint density at radius 2 is 1.44 bits per heavy atom. The molecule has 0 N–H and O–H groups in total. The molecule has 3 aliphatic rings. The molecule has 2 aromatic rings. The van der Waals surface area contributed by atoms with E-state index in [0.29, 0.717) is 17.0 Å². The first-order valence-electron chi connectivity index (χ1n) is 10.5. The number of benzene rings is 2. The average Bonchev–Trinajstić information content (AvgIpc) is 3.51. The maximum Gasteiger partial charge on any atom is 0.338 e. The molecule has 2 aliphatic carbocycles. The van der Waals surface area contributed by atoms with Gasteiger partial charge in [0.25, 0.3) is 0 Å². The first-order valence-corrected chi connectivity index (χ1v) is 10.5. The van der Waals surface area contributed by atoms with Gasteiger partial charge in [0.2, 0.25) is 11.8 Å². The number of amides is 2. The summed E-state index contributed by atoms with van der Waals surface area (Å²) in [6, 6.07) is 12.6. The van der Waals surface area contributed by atoms with Crippen molar-refractivity contribution in [1.82, 2.24) is 0 Å². The van der Waals surface area contributed by atoms with Gasteiger partial charge in [-0.15, -0.1) is 0 Å². The quantitative estimate of drug-likeness (QED) is 0.302. The van der Waals surface area contributed by atoms with E-state index in [-0.39, 0.29) is 46.8 Å². The third-order valence-corrected chi connectivity index (χ3v) is 6.58. The Bertz CT molecular complexity index is 1100. The highest BCUT2D eigenvalue weighted by Gasteiger charge is 2.59. The number of fused-ring (bicyclic) bond motifs is 5. The van der Waals surface area contributed by atoms with Crippen molar-refractivity contribution in [3.63, 3.8) is 0 Å². The summed E-state index contributed by atoms with van der Waals surface area (Å²) in [6.45, 7) is -0.394. The Hall–Kier alpha value is -3.74. The largest absolute Gasteiger partial charge is 0.497 e. The smallest absolute Gasteiger partial charge is 0.338 e. The Kier molecular flexibility index (Phi) is 4.89. The van der Waals surface area contributed by atoms with Crippen LogP contribution in [0.15, 0.2) is 60.7 Å². The number of carbonyl (C=O) groups excluding carboxylic acids is 4. The van der Waals surface area contributed by atoms with Crippen LogP contribution in [0, 0.1) is 23.7 Å². The standard InChI is InChI=1S/C25H21NO6/c1-31-19-10-6-14(7-11-19)20(27)13-32-25(30)15-4-8-18(9-5-15)26-23(28)21-16-2-3-17(12-16)22(21)24(26)29/h2-11,16-17,21-22H,12-13H2,1H3/t16-,17+,21-,22-/m0/s1. The predicted molar refractivity (Wildman–Crippen MR) is 114 cm³/mol. The van der Waals surface area contributed by atoms with Gasteiger partial charge in [-0.3, -0.25) is 19.3 Å². The second-order valence-corrected chi connectivity index (χ2v) is 8.29. The first-order chi connectivity index (χ1) is 15.5. The number of nitrogens with zero attached hydrogens (tertiary/aromatic N) is 1. The summed E-state index contributed by atoms with van der Waals surface area (Å²) in [5.74, 6) is -0.960. The number of rotatable bonds is 6. The highest BCUT2D eigenvalue weighted by molar-refractivity contribution is 6.22. The molecule has 1 heterocycles. The van der Waals surface area contributed by atoms with Gasteiger partial charge in [0.15, 0.2) is 12.4 Å². The molecule has 1 saturated carbocycles. The van der Waals surface area contributed by atoms with E-state index in [1.165, 1.54) is 24.1 Å². The zero-order chi connectivity index (χ0) is 22.4. The van der Waals surface area contributed by atoms with Gasteiger partial charge in [0.1, 0.15) is 5.75 Å². The minimum absolute atomic E-state index is 0.143. The van der Waals surface area contributed by atoms with Crippen molar-refractivity contribution < 1.29 is 28.7 Å². The molecule has 2 bridgehead atoms. The van der Waals surface area contributed by atoms with Crippen LogP contribution in [0.4, 0.5) is 5.69 Å². The minimum atomic E-state index is -0.656. The molecule has 7 nitrogen and oxygen atoms in total. The lowest BCUT2D eigenvalue weighted by molar-refractivity contribution is -0.123. The van der Waals surface area contributed by atoms with Crippen molar-refractivity contribution in [2.45, 2.75) is 6.42 Å². The normalized spacial score (nSPS) is 25.2. The summed E-state index contributed by atoms with van der Waals surface area (Å²) in [7, 11) is 1.53. The summed E-state index contributed by atoms with van der Waals surface area (Å²) in [5.41, 5.74) is 1.09. The third-order valence-electron chi connectivity index (χ3n) is 6.58. The van der Waals surface area contributed by atoms with E-state index in [0.717, 1.165) is 6.42 Å². The molecule has 0 radical (unpaired) electrons. The van der Waals surface area contributed by atoms with Crippen LogP contribution in [0.1, 0.15) is 27.1 Å². The lowest BCUT2D eigenvalue weighted by Crippen LogP contribution is -2.32. The van der Waals surface area contributed by atoms with Gasteiger partial charge in [-0.05, 0) is 66.8 Å². The number of imide groups is 1. The van der Waals surface area contributed by atoms with E-state index in [4.69, 9.17) is 9.47 Å². The Balaban J connectivity index is 1.23. The van der Waals surface area contributed by atoms with Gasteiger partial charge < -0.3 is 9.47 Å². The number of Topliss-reactive ketones (excluding diaryl/α,β-unsaturated/α-hetero) is 1. The molecule has 0 spiro atoms. The summed E-state index contributed by atoms with van der Waals surface area (Å²) < 4.78 is 10.2. The fraction of sp³-hybridized carbons (Fsp3) is 0.280. The van der Waals surface area contributed by atoms with E-state index in [1.807, 2.05) is 12.2 Å². The van der Waals surface area contributed by atoms with E-state index in [9.17, 15) is 19.2 Å². The zero-order valence-electron chi connectivity index (χ0n) is 17.4. The van der Waals surface area contributed by atoms with Crippen LogP contribution < -0.4 is 9.64 Å². The zero-order valence-corrected chi connectivity index (χ0v) is 17.4. The lowest BCUT2D eigenvalue weighted by atomic mass is 9.85. The highest BCUT2D eigenvalue weighted by atomic mass is 16.5. The second-order valence-electron chi connectivity index (χ2n) is 8.29. The number of methoxy groups -OCH3 is 1. The molecule has 0 aromatic heterocycles. The van der Waals surface area contributed by atoms with E-state index in [1.54, 1.807) is 36.4 Å². The molecule has 1 aliphatic heterocycles. The number of hydrogen-bond acceptors (Lipinski definition) is 6. The van der Waals surface area contributed by atoms with Crippen molar-refractivity contribution in [3.8, 4) is 5.75 Å². The van der Waals surface area contributed by atoms with Gasteiger partial charge in [-0.25, -0.2) is 4.79 Å². The molecular formula is C25H21NO6. The monoisotopic (exact) mass is 431 g/mol. The van der Waals surface area contributed by atoms with Crippen LogP contribution >= 0.6 is 0 Å². The number of ketones is 1. The molecule has 32 heavy (non-hydrogen) atoms. The van der Waals surface area contributed by atoms with Crippen molar-refractivity contribution in [2.75, 3.05) is 18.6 Å². The molecular weight excluding hydrogens is 410 g/mol. The van der Waals surface area contributed by atoms with Gasteiger partial charge in [0.05, 0.1) is 30.2 Å². The minimum Gasteiger partial charge on any atom is -0.497 e. The van der Waals surface area contributed by atoms with E-state index >= 15 is 0 Å². The van der Waals surface area contributed by atoms with Crippen LogP contribution in [0.25, 0.3) is 0 Å². The number of carbonyl (C=O) groups is 4. The predicted octanol–water partition coefficient (Wildman–Crippen LogP) is 3.05. The summed E-state index contributed by atoms with van der Waals surface area (Å²) in [6.07, 6.45) is 4.97. The number of ether oxygens (including phenoxy) is 2. The van der Waals surface area contributed by atoms with Crippen molar-refractivity contribution in [2.24, 2.45) is 23.7 Å². The van der Waals surface area contributed by atoms with Crippen molar-refractivity contribution in [3.05, 3.63) is 71.8 Å². The molecule has 2 amide bonds. The van der Waals surface area contributed by atoms with Crippen LogP contribution in [-0.4, -0.2) is 37.3 Å². The molecule has 5 rings (SSSR count). The molecule has 4 atom stereocenters. The van der Waals surface area contributed by atoms with Gasteiger partial charge in [-0.1, -0.05) is 12.2 Å². The Morgan fingerprint density at radius 3 is 2.00 bits per heavy atom. The lowest BCUT2D eigenvalue weighted by Gasteiger charge is -2.17. The summed E-state index contributed by atoms with van der Waals surface area (Å²) in [4.78, 5) is 51.6.